The van der Waals surface area contributed by atoms with E-state index in [-0.39, 0.29) is 0 Å². The van der Waals surface area contributed by atoms with Crippen LogP contribution in [-0.2, 0) is 0 Å². The van der Waals surface area contributed by atoms with Crippen LogP contribution in [0.3, 0.4) is 0 Å². The number of anilines is 1. The fraction of sp³-hybridized carbons (Fsp3) is 0.231. The Morgan fingerprint density at radius 3 is 2.83 bits per heavy atom. The summed E-state index contributed by atoms with van der Waals surface area (Å²) in [4.78, 5) is 9.14. The second-order valence-corrected chi connectivity index (χ2v) is 5.12. The van der Waals surface area contributed by atoms with Crippen molar-refractivity contribution in [2.45, 2.75) is 13.8 Å². The maximum Gasteiger partial charge on any atom is 0.183 e. The first-order valence-corrected chi connectivity index (χ1v) is 6.66. The minimum absolute atomic E-state index is 0.923. The molecule has 0 saturated carbocycles. The number of aryl methyl sites for hydroxylation is 2. The van der Waals surface area contributed by atoms with Gasteiger partial charge in [0.05, 0.1) is 11.4 Å². The van der Waals surface area contributed by atoms with E-state index in [1.807, 2.05) is 14.0 Å². The van der Waals surface area contributed by atoms with E-state index in [0.717, 1.165) is 27.9 Å². The van der Waals surface area contributed by atoms with Crippen LogP contribution in [0.25, 0.3) is 17.0 Å². The molecule has 0 aromatic carbocycles. The summed E-state index contributed by atoms with van der Waals surface area (Å²) in [5, 5.41) is 6.04. The van der Waals surface area contributed by atoms with Crippen molar-refractivity contribution < 1.29 is 0 Å². The van der Waals surface area contributed by atoms with Gasteiger partial charge in [-0.2, -0.15) is 0 Å². The van der Waals surface area contributed by atoms with Crippen LogP contribution >= 0.6 is 11.3 Å². The average Bonchev–Trinajstić information content (AvgIpc) is 2.91. The van der Waals surface area contributed by atoms with Crippen molar-refractivity contribution >= 4 is 22.1 Å². The molecule has 0 unspecified atom stereocenters. The number of nitrogens with zero attached hydrogens (tertiary/aromatic N) is 3. The van der Waals surface area contributed by atoms with Gasteiger partial charge in [-0.25, -0.2) is 9.97 Å². The Labute approximate surface area is 109 Å². The number of nitrogens with one attached hydrogen (secondary N) is 1. The predicted octanol–water partition coefficient (Wildman–Crippen LogP) is 3.12. The summed E-state index contributed by atoms with van der Waals surface area (Å²) in [6, 6.07) is 4.17. The summed E-state index contributed by atoms with van der Waals surface area (Å²) in [5.41, 5.74) is 5.24. The second-order valence-electron chi connectivity index (χ2n) is 4.27. The number of pyridine rings is 1. The van der Waals surface area contributed by atoms with Crippen molar-refractivity contribution in [3.05, 3.63) is 35.0 Å². The van der Waals surface area contributed by atoms with E-state index in [1.54, 1.807) is 11.3 Å². The van der Waals surface area contributed by atoms with Crippen molar-refractivity contribution in [1.29, 1.82) is 0 Å². The van der Waals surface area contributed by atoms with E-state index < -0.39 is 0 Å². The van der Waals surface area contributed by atoms with Crippen LogP contribution in [0.15, 0.2) is 23.7 Å². The van der Waals surface area contributed by atoms with Crippen molar-refractivity contribution in [3.8, 4) is 11.4 Å². The van der Waals surface area contributed by atoms with E-state index in [4.69, 9.17) is 0 Å². The molecule has 3 rings (SSSR count). The van der Waals surface area contributed by atoms with Gasteiger partial charge in [-0.05, 0) is 31.5 Å². The minimum atomic E-state index is 0.923. The summed E-state index contributed by atoms with van der Waals surface area (Å²) in [6.45, 7) is 4.10. The maximum atomic E-state index is 4.59. The van der Waals surface area contributed by atoms with Crippen LogP contribution in [0.1, 0.15) is 11.3 Å². The molecule has 18 heavy (non-hydrogen) atoms. The molecular weight excluding hydrogens is 244 g/mol. The lowest BCUT2D eigenvalue weighted by atomic mass is 10.2. The van der Waals surface area contributed by atoms with E-state index in [0.29, 0.717) is 0 Å². The number of hydrogen-bond donors (Lipinski definition) is 1. The quantitative estimate of drug-likeness (QED) is 0.768. The molecule has 0 aliphatic rings. The molecule has 0 spiro atoms. The molecule has 5 heteroatoms. The first kappa shape index (κ1) is 11.2. The van der Waals surface area contributed by atoms with Gasteiger partial charge in [0.1, 0.15) is 11.3 Å². The van der Waals surface area contributed by atoms with Gasteiger partial charge in [0, 0.05) is 18.6 Å². The number of fused-ring (bicyclic) bond motifs is 1. The van der Waals surface area contributed by atoms with Crippen LogP contribution in [0.2, 0.25) is 0 Å². The Kier molecular flexibility index (Phi) is 2.56. The SMILES string of the molecule is CNc1nc(-c2c(C)nc3cc(C)ccn23)cs1. The van der Waals surface area contributed by atoms with Gasteiger partial charge in [0.15, 0.2) is 5.13 Å². The predicted molar refractivity (Wildman–Crippen MR) is 75.3 cm³/mol. The average molecular weight is 258 g/mol. The number of aromatic nitrogens is 3. The monoisotopic (exact) mass is 258 g/mol. The molecule has 0 aliphatic heterocycles. The molecule has 92 valence electrons. The van der Waals surface area contributed by atoms with E-state index in [2.05, 4.69) is 50.3 Å². The highest BCUT2D eigenvalue weighted by Gasteiger charge is 2.13. The van der Waals surface area contributed by atoms with Crippen LogP contribution in [0, 0.1) is 13.8 Å². The third-order valence-electron chi connectivity index (χ3n) is 2.92. The highest BCUT2D eigenvalue weighted by molar-refractivity contribution is 7.14. The fourth-order valence-corrected chi connectivity index (χ4v) is 2.73. The molecular formula is C13H14N4S. The third-order valence-corrected chi connectivity index (χ3v) is 3.78. The van der Waals surface area contributed by atoms with E-state index >= 15 is 0 Å². The van der Waals surface area contributed by atoms with Gasteiger partial charge in [0.25, 0.3) is 0 Å². The molecule has 0 radical (unpaired) electrons. The minimum Gasteiger partial charge on any atom is -0.365 e. The topological polar surface area (TPSA) is 42.2 Å². The summed E-state index contributed by atoms with van der Waals surface area (Å²) >= 11 is 1.60. The van der Waals surface area contributed by atoms with Crippen LogP contribution in [-0.4, -0.2) is 21.4 Å². The van der Waals surface area contributed by atoms with Crippen molar-refractivity contribution in [3.63, 3.8) is 0 Å². The zero-order valence-electron chi connectivity index (χ0n) is 10.6. The third kappa shape index (κ3) is 1.67. The number of hydrogen-bond acceptors (Lipinski definition) is 4. The Hall–Kier alpha value is -1.88. The number of imidazole rings is 1. The molecule has 3 heterocycles. The number of rotatable bonds is 2. The molecule has 0 fully saturated rings. The lowest BCUT2D eigenvalue weighted by Crippen LogP contribution is -1.91. The highest BCUT2D eigenvalue weighted by Crippen LogP contribution is 2.28. The van der Waals surface area contributed by atoms with Crippen molar-refractivity contribution in [2.75, 3.05) is 12.4 Å². The van der Waals surface area contributed by atoms with E-state index in [9.17, 15) is 0 Å². The zero-order chi connectivity index (χ0) is 12.7. The molecule has 0 amide bonds. The van der Waals surface area contributed by atoms with Gasteiger partial charge in [0.2, 0.25) is 0 Å². The van der Waals surface area contributed by atoms with Gasteiger partial charge in [-0.15, -0.1) is 11.3 Å². The van der Waals surface area contributed by atoms with Crippen LogP contribution in [0.5, 0.6) is 0 Å². The summed E-state index contributed by atoms with van der Waals surface area (Å²) in [5.74, 6) is 0. The highest BCUT2D eigenvalue weighted by atomic mass is 32.1. The lowest BCUT2D eigenvalue weighted by Gasteiger charge is -2.00. The Morgan fingerprint density at radius 2 is 2.11 bits per heavy atom. The smallest absolute Gasteiger partial charge is 0.183 e. The Bertz CT molecular complexity index is 711. The Morgan fingerprint density at radius 1 is 1.28 bits per heavy atom. The second kappa shape index (κ2) is 4.10. The molecule has 0 saturated heterocycles. The first-order valence-electron chi connectivity index (χ1n) is 5.78. The lowest BCUT2D eigenvalue weighted by molar-refractivity contribution is 1.16. The van der Waals surface area contributed by atoms with Gasteiger partial charge in [-0.1, -0.05) is 0 Å². The summed E-state index contributed by atoms with van der Waals surface area (Å²) in [6.07, 6.45) is 2.05. The number of thiazole rings is 1. The first-order chi connectivity index (χ1) is 8.69. The normalized spacial score (nSPS) is 11.1. The maximum absolute atomic E-state index is 4.59. The molecule has 0 atom stereocenters. The van der Waals surface area contributed by atoms with Crippen molar-refractivity contribution in [1.82, 2.24) is 14.4 Å². The fourth-order valence-electron chi connectivity index (χ4n) is 2.07. The largest absolute Gasteiger partial charge is 0.365 e. The molecule has 0 bridgehead atoms. The molecule has 0 aliphatic carbocycles. The van der Waals surface area contributed by atoms with Gasteiger partial charge < -0.3 is 5.32 Å². The molecule has 4 nitrogen and oxygen atoms in total. The van der Waals surface area contributed by atoms with Crippen LogP contribution < -0.4 is 5.32 Å². The van der Waals surface area contributed by atoms with Gasteiger partial charge in [-0.3, -0.25) is 4.40 Å². The van der Waals surface area contributed by atoms with Crippen molar-refractivity contribution in [2.24, 2.45) is 0 Å². The summed E-state index contributed by atoms with van der Waals surface area (Å²) < 4.78 is 2.09. The molecule has 3 aromatic heterocycles. The zero-order valence-corrected chi connectivity index (χ0v) is 11.4. The molecule has 3 aromatic rings. The summed E-state index contributed by atoms with van der Waals surface area (Å²) in [7, 11) is 1.88. The van der Waals surface area contributed by atoms with Gasteiger partial charge >= 0.3 is 0 Å². The molecule has 1 N–H and O–H groups in total. The van der Waals surface area contributed by atoms with E-state index in [1.165, 1.54) is 5.56 Å². The Balaban J connectivity index is 2.24. The standard InChI is InChI=1S/C13H14N4S/c1-8-4-5-17-11(6-8)15-9(2)12(17)10-7-18-13(14-3)16-10/h4-7H,1-3H3,(H,14,16). The van der Waals surface area contributed by atoms with Crippen LogP contribution in [0.4, 0.5) is 5.13 Å².